The van der Waals surface area contributed by atoms with Crippen molar-refractivity contribution in [3.05, 3.63) is 95.6 Å². The molecular weight excluding hydrogens is 352 g/mol. The van der Waals surface area contributed by atoms with Gasteiger partial charge in [-0.3, -0.25) is 9.98 Å². The van der Waals surface area contributed by atoms with E-state index >= 15 is 0 Å². The topological polar surface area (TPSA) is 24.7 Å². The molecule has 2 aliphatic heterocycles. The Morgan fingerprint density at radius 2 is 1.03 bits per heavy atom. The van der Waals surface area contributed by atoms with Gasteiger partial charge in [0.15, 0.2) is 0 Å². The van der Waals surface area contributed by atoms with E-state index in [9.17, 15) is 0 Å². The summed E-state index contributed by atoms with van der Waals surface area (Å²) in [5.74, 6) is 0. The second-order valence-corrected chi connectivity index (χ2v) is 6.38. The number of hydrogen-bond donors (Lipinski definition) is 0. The van der Waals surface area contributed by atoms with Crippen LogP contribution < -0.4 is 0 Å². The van der Waals surface area contributed by atoms with Crippen LogP contribution in [0.3, 0.4) is 0 Å². The summed E-state index contributed by atoms with van der Waals surface area (Å²) in [6.45, 7) is 10.1. The monoisotopic (exact) mass is 384 g/mol. The lowest BCUT2D eigenvalue weighted by molar-refractivity contribution is 1.39. The fraction of sp³-hybridized carbons (Fsp3) is 0.259. The quantitative estimate of drug-likeness (QED) is 0.410. The van der Waals surface area contributed by atoms with E-state index in [0.717, 1.165) is 24.2 Å². The molecule has 0 amide bonds. The van der Waals surface area contributed by atoms with Gasteiger partial charge < -0.3 is 0 Å². The third-order valence-electron chi connectivity index (χ3n) is 4.46. The summed E-state index contributed by atoms with van der Waals surface area (Å²) in [7, 11) is 0. The number of fused-ring (bicyclic) bond motifs is 2. The standard InChI is InChI=1S/C14H11N.C9H9N.2C2H6/c1-2-6-11(7-3-1)14-10-12-8-4-5-9-13(12)15-14;1-7-6-8-4-2-3-5-9(8)10-7;2*1-2/h1-9H,10H2;2-5H,6H2,1H3;2*1-2H3. The minimum absolute atomic E-state index is 0.959. The maximum Gasteiger partial charge on any atom is 0.0669 e. The molecule has 0 N–H and O–H groups in total. The van der Waals surface area contributed by atoms with Gasteiger partial charge >= 0.3 is 0 Å². The molecule has 0 unspecified atom stereocenters. The number of para-hydroxylation sites is 2. The van der Waals surface area contributed by atoms with E-state index in [-0.39, 0.29) is 0 Å². The van der Waals surface area contributed by atoms with Gasteiger partial charge in [-0.05, 0) is 35.7 Å². The number of hydrogen-bond acceptors (Lipinski definition) is 2. The number of nitrogens with zero attached hydrogens (tertiary/aromatic N) is 2. The smallest absolute Gasteiger partial charge is 0.0669 e. The van der Waals surface area contributed by atoms with Crippen molar-refractivity contribution in [2.75, 3.05) is 0 Å². The Kier molecular flexibility index (Phi) is 9.04. The average Bonchev–Trinajstić information content (AvgIpc) is 3.40. The van der Waals surface area contributed by atoms with E-state index < -0.39 is 0 Å². The maximum absolute atomic E-state index is 4.64. The fourth-order valence-corrected chi connectivity index (χ4v) is 3.22. The van der Waals surface area contributed by atoms with E-state index in [1.54, 1.807) is 0 Å². The highest BCUT2D eigenvalue weighted by atomic mass is 14.8. The molecule has 0 radical (unpaired) electrons. The molecule has 29 heavy (non-hydrogen) atoms. The van der Waals surface area contributed by atoms with Crippen molar-refractivity contribution >= 4 is 22.8 Å². The van der Waals surface area contributed by atoms with Crippen molar-refractivity contribution < 1.29 is 0 Å². The summed E-state index contributed by atoms with van der Waals surface area (Å²) in [4.78, 5) is 9.01. The number of benzene rings is 3. The van der Waals surface area contributed by atoms with Crippen molar-refractivity contribution in [3.63, 3.8) is 0 Å². The lowest BCUT2D eigenvalue weighted by atomic mass is 10.0. The summed E-state index contributed by atoms with van der Waals surface area (Å²) in [6, 6.07) is 27.0. The van der Waals surface area contributed by atoms with Gasteiger partial charge in [0, 0.05) is 18.6 Å². The van der Waals surface area contributed by atoms with Crippen LogP contribution in [0.1, 0.15) is 51.3 Å². The normalized spacial score (nSPS) is 12.4. The van der Waals surface area contributed by atoms with Crippen LogP contribution in [-0.4, -0.2) is 11.4 Å². The molecule has 150 valence electrons. The van der Waals surface area contributed by atoms with Crippen molar-refractivity contribution in [3.8, 4) is 0 Å². The Hall–Kier alpha value is -3.00. The molecule has 2 aliphatic rings. The van der Waals surface area contributed by atoms with E-state index in [2.05, 4.69) is 77.6 Å². The van der Waals surface area contributed by atoms with Crippen LogP contribution in [0.5, 0.6) is 0 Å². The summed E-state index contributed by atoms with van der Waals surface area (Å²) in [6.07, 6.45) is 2.00. The third-order valence-corrected chi connectivity index (χ3v) is 4.46. The first-order valence-electron chi connectivity index (χ1n) is 10.6. The molecule has 0 atom stereocenters. The summed E-state index contributed by atoms with van der Waals surface area (Å²) in [5, 5.41) is 0. The zero-order valence-corrected chi connectivity index (χ0v) is 18.3. The molecule has 0 spiro atoms. The second-order valence-electron chi connectivity index (χ2n) is 6.38. The van der Waals surface area contributed by atoms with Gasteiger partial charge in [0.25, 0.3) is 0 Å². The van der Waals surface area contributed by atoms with Crippen LogP contribution in [0.4, 0.5) is 11.4 Å². The molecule has 0 aromatic heterocycles. The highest BCUT2D eigenvalue weighted by Crippen LogP contribution is 2.28. The molecule has 0 saturated carbocycles. The van der Waals surface area contributed by atoms with Gasteiger partial charge in [0.1, 0.15) is 0 Å². The summed E-state index contributed by atoms with van der Waals surface area (Å²) < 4.78 is 0. The van der Waals surface area contributed by atoms with Crippen LogP contribution >= 0.6 is 0 Å². The van der Waals surface area contributed by atoms with Crippen LogP contribution in [0.2, 0.25) is 0 Å². The highest BCUT2D eigenvalue weighted by Gasteiger charge is 2.14. The minimum Gasteiger partial charge on any atom is -0.257 e. The van der Waals surface area contributed by atoms with Gasteiger partial charge in [-0.15, -0.1) is 0 Å². The minimum atomic E-state index is 0.959. The zero-order valence-electron chi connectivity index (χ0n) is 18.3. The fourth-order valence-electron chi connectivity index (χ4n) is 3.22. The zero-order chi connectivity index (χ0) is 21.1. The first kappa shape index (κ1) is 22.3. The highest BCUT2D eigenvalue weighted by molar-refractivity contribution is 6.06. The van der Waals surface area contributed by atoms with E-state index in [1.165, 1.54) is 28.1 Å². The summed E-state index contributed by atoms with van der Waals surface area (Å²) in [5.41, 5.74) is 8.60. The average molecular weight is 385 g/mol. The Bertz CT molecular complexity index is 953. The number of aliphatic imine (C=N–C) groups is 2. The molecule has 2 nitrogen and oxygen atoms in total. The van der Waals surface area contributed by atoms with E-state index in [4.69, 9.17) is 0 Å². The second kappa shape index (κ2) is 11.8. The molecule has 0 bridgehead atoms. The molecular formula is C27H32N2. The SMILES string of the molecule is CC.CC.CC1=Nc2ccccc2C1.c1ccc(C2=Nc3ccccc3C2)cc1. The molecule has 0 saturated heterocycles. The maximum atomic E-state index is 4.64. The van der Waals surface area contributed by atoms with Crippen LogP contribution in [0, 0.1) is 0 Å². The molecule has 3 aromatic rings. The molecule has 2 heteroatoms. The Morgan fingerprint density at radius 1 is 0.552 bits per heavy atom. The first-order valence-corrected chi connectivity index (χ1v) is 10.6. The lowest BCUT2D eigenvalue weighted by Gasteiger charge is -1.98. The molecule has 0 fully saturated rings. The van der Waals surface area contributed by atoms with E-state index in [0.29, 0.717) is 0 Å². The van der Waals surface area contributed by atoms with Crippen LogP contribution in [-0.2, 0) is 12.8 Å². The van der Waals surface area contributed by atoms with Crippen LogP contribution in [0.25, 0.3) is 0 Å². The molecule has 0 aliphatic carbocycles. The molecule has 2 heterocycles. The lowest BCUT2D eigenvalue weighted by Crippen LogP contribution is -1.99. The Morgan fingerprint density at radius 3 is 1.59 bits per heavy atom. The van der Waals surface area contributed by atoms with Crippen molar-refractivity contribution in [2.45, 2.75) is 47.5 Å². The van der Waals surface area contributed by atoms with Gasteiger partial charge in [-0.1, -0.05) is 94.4 Å². The number of rotatable bonds is 1. The van der Waals surface area contributed by atoms with Crippen molar-refractivity contribution in [1.29, 1.82) is 0 Å². The Labute approximate surface area is 176 Å². The van der Waals surface area contributed by atoms with Gasteiger partial charge in [-0.2, -0.15) is 0 Å². The van der Waals surface area contributed by atoms with Crippen LogP contribution in [0.15, 0.2) is 88.8 Å². The third kappa shape index (κ3) is 5.99. The predicted octanol–water partition coefficient (Wildman–Crippen LogP) is 7.75. The molecule has 5 rings (SSSR count). The van der Waals surface area contributed by atoms with Gasteiger partial charge in [-0.25, -0.2) is 0 Å². The summed E-state index contributed by atoms with van der Waals surface area (Å²) >= 11 is 0. The molecule has 3 aromatic carbocycles. The first-order chi connectivity index (χ1) is 14.3. The predicted molar refractivity (Wildman–Crippen MR) is 128 cm³/mol. The van der Waals surface area contributed by atoms with Crippen molar-refractivity contribution in [1.82, 2.24) is 0 Å². The largest absolute Gasteiger partial charge is 0.257 e. The van der Waals surface area contributed by atoms with E-state index in [1.807, 2.05) is 45.9 Å². The van der Waals surface area contributed by atoms with Crippen molar-refractivity contribution in [2.24, 2.45) is 9.98 Å². The van der Waals surface area contributed by atoms with Gasteiger partial charge in [0.05, 0.1) is 17.1 Å². The Balaban J connectivity index is 0.000000187. The van der Waals surface area contributed by atoms with Gasteiger partial charge in [0.2, 0.25) is 0 Å².